The van der Waals surface area contributed by atoms with Crippen LogP contribution in [0, 0.1) is 0 Å². The number of aryl methyl sites for hydroxylation is 1. The second-order valence-corrected chi connectivity index (χ2v) is 6.66. The van der Waals surface area contributed by atoms with Crippen LogP contribution < -0.4 is 4.74 Å². The average molecular weight is 304 g/mol. The molecule has 4 rings (SSSR count). The molecular weight excluding hydrogens is 280 g/mol. The van der Waals surface area contributed by atoms with Gasteiger partial charge in [0.05, 0.1) is 0 Å². The van der Waals surface area contributed by atoms with Gasteiger partial charge in [-0.05, 0) is 62.5 Å². The molecule has 0 bridgehead atoms. The molecule has 0 spiro atoms. The zero-order valence-corrected chi connectivity index (χ0v) is 14.2. The van der Waals surface area contributed by atoms with E-state index in [4.69, 9.17) is 4.74 Å². The molecule has 0 unspecified atom stereocenters. The first-order valence-corrected chi connectivity index (χ1v) is 8.27. The maximum absolute atomic E-state index is 5.73. The summed E-state index contributed by atoms with van der Waals surface area (Å²) in [6.45, 7) is 6.30. The third-order valence-electron chi connectivity index (χ3n) is 4.26. The highest BCUT2D eigenvalue weighted by Crippen LogP contribution is 2.29. The quantitative estimate of drug-likeness (QED) is 0.588. The minimum Gasteiger partial charge on any atom is -0.483 e. The van der Waals surface area contributed by atoms with E-state index in [2.05, 4.69) is 69.3 Å². The van der Waals surface area contributed by atoms with E-state index < -0.39 is 0 Å². The van der Waals surface area contributed by atoms with Gasteiger partial charge in [-0.2, -0.15) is 0 Å². The molecule has 0 saturated carbocycles. The molecule has 0 atom stereocenters. The smallest absolute Gasteiger partial charge is 0.127 e. The summed E-state index contributed by atoms with van der Waals surface area (Å²) >= 11 is 0. The molecule has 2 aromatic rings. The third kappa shape index (κ3) is 3.73. The van der Waals surface area contributed by atoms with Crippen LogP contribution in [0.3, 0.4) is 0 Å². The second kappa shape index (κ2) is 6.45. The molecule has 2 aromatic carbocycles. The number of para-hydroxylation sites is 1. The van der Waals surface area contributed by atoms with Crippen LogP contribution in [-0.4, -0.2) is 5.60 Å². The lowest BCUT2D eigenvalue weighted by molar-refractivity contribution is 0.159. The fourth-order valence-corrected chi connectivity index (χ4v) is 3.00. The summed E-state index contributed by atoms with van der Waals surface area (Å²) in [6, 6.07) is 16.7. The molecule has 2 aliphatic rings. The minimum atomic E-state index is -0.158. The molecule has 1 heteroatoms. The van der Waals surface area contributed by atoms with Crippen LogP contribution in [0.15, 0.2) is 60.7 Å². The lowest BCUT2D eigenvalue weighted by Crippen LogP contribution is -2.27. The van der Waals surface area contributed by atoms with Crippen molar-refractivity contribution in [2.45, 2.75) is 39.2 Å². The number of allylic oxidation sites excluding steroid dienone is 2. The first-order chi connectivity index (χ1) is 11.1. The van der Waals surface area contributed by atoms with Crippen LogP contribution in [0.5, 0.6) is 5.75 Å². The Labute approximate surface area is 139 Å². The Morgan fingerprint density at radius 2 is 1.70 bits per heavy atom. The molecule has 1 aliphatic heterocycles. The molecule has 1 nitrogen and oxygen atoms in total. The van der Waals surface area contributed by atoms with Crippen molar-refractivity contribution in [1.29, 1.82) is 0 Å². The van der Waals surface area contributed by atoms with Crippen LogP contribution >= 0.6 is 0 Å². The highest BCUT2D eigenvalue weighted by atomic mass is 16.5. The van der Waals surface area contributed by atoms with Crippen LogP contribution in [0.25, 0.3) is 11.6 Å². The van der Waals surface area contributed by atoms with E-state index in [9.17, 15) is 0 Å². The summed E-state index contributed by atoms with van der Waals surface area (Å²) in [5.74, 6) is 0.977. The summed E-state index contributed by atoms with van der Waals surface area (Å²) in [4.78, 5) is 0. The summed E-state index contributed by atoms with van der Waals surface area (Å²) in [5, 5.41) is 0. The molecule has 1 aliphatic carbocycles. The maximum atomic E-state index is 5.73. The van der Waals surface area contributed by atoms with Crippen LogP contribution in [0.2, 0.25) is 0 Å². The number of fused-ring (bicyclic) bond motifs is 2. The standard InChI is InChI=1S/C11H12O.C11H12/c1-11(2)8-7-9-5-3-4-6-10(9)12-11;1-9-5-4-7-10-6-2-3-8-11(9)10/h3-8H,1-2H3;2-3,5-6,8H,4,7H2,1H3. The molecule has 118 valence electrons. The molecule has 0 aromatic heterocycles. The predicted octanol–water partition coefficient (Wildman–Crippen LogP) is 5.91. The minimum absolute atomic E-state index is 0.158. The molecule has 23 heavy (non-hydrogen) atoms. The van der Waals surface area contributed by atoms with Gasteiger partial charge in [0.2, 0.25) is 0 Å². The van der Waals surface area contributed by atoms with Gasteiger partial charge >= 0.3 is 0 Å². The summed E-state index contributed by atoms with van der Waals surface area (Å²) in [5.41, 5.74) is 5.39. The Bertz CT molecular complexity index is 750. The van der Waals surface area contributed by atoms with Gasteiger partial charge in [0.1, 0.15) is 11.4 Å². The Morgan fingerprint density at radius 3 is 2.52 bits per heavy atom. The van der Waals surface area contributed by atoms with Crippen molar-refractivity contribution in [3.8, 4) is 5.75 Å². The number of ether oxygens (including phenoxy) is 1. The van der Waals surface area contributed by atoms with Gasteiger partial charge in [-0.3, -0.25) is 0 Å². The fraction of sp³-hybridized carbons (Fsp3) is 0.273. The van der Waals surface area contributed by atoms with E-state index >= 15 is 0 Å². The van der Waals surface area contributed by atoms with Crippen molar-refractivity contribution >= 4 is 11.6 Å². The van der Waals surface area contributed by atoms with E-state index in [1.807, 2.05) is 18.2 Å². The summed E-state index contributed by atoms with van der Waals surface area (Å²) in [7, 11) is 0. The van der Waals surface area contributed by atoms with Crippen LogP contribution in [0.1, 0.15) is 43.9 Å². The highest BCUT2D eigenvalue weighted by molar-refractivity contribution is 5.68. The largest absolute Gasteiger partial charge is 0.483 e. The predicted molar refractivity (Wildman–Crippen MR) is 98.6 cm³/mol. The Morgan fingerprint density at radius 1 is 0.957 bits per heavy atom. The number of rotatable bonds is 0. The second-order valence-electron chi connectivity index (χ2n) is 6.66. The molecule has 0 saturated heterocycles. The zero-order valence-electron chi connectivity index (χ0n) is 14.2. The van der Waals surface area contributed by atoms with E-state index in [1.165, 1.54) is 29.5 Å². The lowest BCUT2D eigenvalue weighted by atomic mass is 9.92. The van der Waals surface area contributed by atoms with Gasteiger partial charge in [-0.1, -0.05) is 54.6 Å². The van der Waals surface area contributed by atoms with Crippen LogP contribution in [-0.2, 0) is 6.42 Å². The van der Waals surface area contributed by atoms with Gasteiger partial charge in [-0.15, -0.1) is 0 Å². The van der Waals surface area contributed by atoms with Gasteiger partial charge in [-0.25, -0.2) is 0 Å². The Balaban J connectivity index is 0.000000136. The maximum Gasteiger partial charge on any atom is 0.127 e. The monoisotopic (exact) mass is 304 g/mol. The van der Waals surface area contributed by atoms with E-state index in [0.29, 0.717) is 0 Å². The van der Waals surface area contributed by atoms with E-state index in [1.54, 1.807) is 0 Å². The number of hydrogen-bond acceptors (Lipinski definition) is 1. The van der Waals surface area contributed by atoms with Gasteiger partial charge in [0.15, 0.2) is 0 Å². The van der Waals surface area contributed by atoms with Crippen molar-refractivity contribution in [2.24, 2.45) is 0 Å². The van der Waals surface area contributed by atoms with Crippen molar-refractivity contribution in [3.05, 3.63) is 77.4 Å². The fourth-order valence-electron chi connectivity index (χ4n) is 3.00. The first kappa shape index (κ1) is 15.6. The molecule has 0 fully saturated rings. The van der Waals surface area contributed by atoms with Crippen LogP contribution in [0.4, 0.5) is 0 Å². The molecular formula is C22H24O. The number of benzene rings is 2. The highest BCUT2D eigenvalue weighted by Gasteiger charge is 2.20. The van der Waals surface area contributed by atoms with Crippen molar-refractivity contribution in [2.75, 3.05) is 0 Å². The SMILES string of the molecule is CC1(C)C=Cc2ccccc2O1.CC1=CCCc2ccccc21. The molecule has 0 amide bonds. The molecule has 1 heterocycles. The van der Waals surface area contributed by atoms with Gasteiger partial charge < -0.3 is 4.74 Å². The van der Waals surface area contributed by atoms with Gasteiger partial charge in [0.25, 0.3) is 0 Å². The zero-order chi connectivity index (χ0) is 16.3. The summed E-state index contributed by atoms with van der Waals surface area (Å²) in [6.07, 6.45) is 8.94. The topological polar surface area (TPSA) is 9.23 Å². The average Bonchev–Trinajstić information content (AvgIpc) is 2.55. The first-order valence-electron chi connectivity index (χ1n) is 8.27. The van der Waals surface area contributed by atoms with Gasteiger partial charge in [0, 0.05) is 5.56 Å². The van der Waals surface area contributed by atoms with Crippen molar-refractivity contribution in [1.82, 2.24) is 0 Å². The summed E-state index contributed by atoms with van der Waals surface area (Å²) < 4.78 is 5.73. The normalized spacial score (nSPS) is 16.9. The molecule has 0 radical (unpaired) electrons. The van der Waals surface area contributed by atoms with E-state index in [0.717, 1.165) is 11.3 Å². The Hall–Kier alpha value is -2.28. The molecule has 0 N–H and O–H groups in total. The lowest BCUT2D eigenvalue weighted by Gasteiger charge is -2.27. The number of hydrogen-bond donors (Lipinski definition) is 0. The van der Waals surface area contributed by atoms with Crippen molar-refractivity contribution in [3.63, 3.8) is 0 Å². The van der Waals surface area contributed by atoms with E-state index in [-0.39, 0.29) is 5.60 Å². The Kier molecular flexibility index (Phi) is 4.38. The van der Waals surface area contributed by atoms with Crippen molar-refractivity contribution < 1.29 is 4.74 Å². The third-order valence-corrected chi connectivity index (χ3v) is 4.26.